The molecule has 152 valence electrons. The van der Waals surface area contributed by atoms with E-state index in [1.807, 2.05) is 0 Å². The Morgan fingerprint density at radius 3 is 2.03 bits per heavy atom. The van der Waals surface area contributed by atoms with E-state index < -0.39 is 15.8 Å². The molecule has 0 heterocycles. The van der Waals surface area contributed by atoms with Gasteiger partial charge in [-0.3, -0.25) is 20.2 Å². The molecule has 0 aromatic heterocycles. The van der Waals surface area contributed by atoms with Crippen molar-refractivity contribution < 1.29 is 24.1 Å². The third-order valence-corrected chi connectivity index (χ3v) is 4.63. The van der Waals surface area contributed by atoms with Gasteiger partial charge < -0.3 is 9.47 Å². The second-order valence-corrected chi connectivity index (χ2v) is 6.85. The van der Waals surface area contributed by atoms with Crippen LogP contribution >= 0.6 is 15.9 Å². The molecule has 10 heteroatoms. The fraction of sp³-hybridized carbons (Fsp3) is 0.0500. The summed E-state index contributed by atoms with van der Waals surface area (Å²) in [6.45, 7) is -0.0273. The summed E-state index contributed by atoms with van der Waals surface area (Å²) >= 11 is 3.06. The van der Waals surface area contributed by atoms with Crippen LogP contribution in [0.5, 0.6) is 11.5 Å². The van der Waals surface area contributed by atoms with Gasteiger partial charge in [-0.15, -0.1) is 0 Å². The lowest BCUT2D eigenvalue weighted by Gasteiger charge is -2.08. The minimum absolute atomic E-state index is 0.0273. The van der Waals surface area contributed by atoms with E-state index in [0.29, 0.717) is 17.1 Å². The van der Waals surface area contributed by atoms with Gasteiger partial charge in [0.15, 0.2) is 0 Å². The third-order valence-electron chi connectivity index (χ3n) is 3.96. The second kappa shape index (κ2) is 9.14. The zero-order valence-electron chi connectivity index (χ0n) is 15.2. The number of nitrogens with zero attached hydrogens (tertiary/aromatic N) is 2. The van der Waals surface area contributed by atoms with Gasteiger partial charge in [-0.2, -0.15) is 0 Å². The average Bonchev–Trinajstić information content (AvgIpc) is 2.73. The first-order chi connectivity index (χ1) is 14.3. The Kier molecular flexibility index (Phi) is 6.38. The van der Waals surface area contributed by atoms with E-state index in [1.54, 1.807) is 24.3 Å². The van der Waals surface area contributed by atoms with Crippen LogP contribution in [-0.4, -0.2) is 15.8 Å². The average molecular weight is 473 g/mol. The second-order valence-electron chi connectivity index (χ2n) is 6.00. The molecule has 30 heavy (non-hydrogen) atoms. The van der Waals surface area contributed by atoms with Crippen LogP contribution in [0.2, 0.25) is 0 Å². The Hall–Kier alpha value is -3.79. The Bertz CT molecular complexity index is 1100. The Morgan fingerprint density at radius 2 is 1.47 bits per heavy atom. The maximum absolute atomic E-state index is 12.2. The first-order valence-corrected chi connectivity index (χ1v) is 9.25. The molecule has 3 aromatic rings. The molecule has 9 nitrogen and oxygen atoms in total. The lowest BCUT2D eigenvalue weighted by Crippen LogP contribution is -2.06. The Balaban J connectivity index is 1.59. The molecule has 0 spiro atoms. The zero-order valence-corrected chi connectivity index (χ0v) is 16.8. The molecule has 0 unspecified atom stereocenters. The number of nitro groups is 2. The molecule has 0 bridgehead atoms. The minimum Gasteiger partial charge on any atom is -0.457 e. The number of benzene rings is 3. The number of nitro benzene ring substituents is 2. The van der Waals surface area contributed by atoms with Crippen molar-refractivity contribution in [1.29, 1.82) is 0 Å². The van der Waals surface area contributed by atoms with Crippen LogP contribution < -0.4 is 4.74 Å². The number of non-ortho nitro benzene ring substituents is 1. The maximum atomic E-state index is 12.2. The zero-order chi connectivity index (χ0) is 21.7. The van der Waals surface area contributed by atoms with Gasteiger partial charge in [0.05, 0.1) is 19.9 Å². The van der Waals surface area contributed by atoms with Gasteiger partial charge in [0.2, 0.25) is 0 Å². The summed E-state index contributed by atoms with van der Waals surface area (Å²) in [5.41, 5.74) is 0.502. The fourth-order valence-electron chi connectivity index (χ4n) is 2.44. The molecule has 3 rings (SSSR count). The summed E-state index contributed by atoms with van der Waals surface area (Å²) in [4.78, 5) is 32.7. The number of halogens is 1. The van der Waals surface area contributed by atoms with Crippen LogP contribution in [0.1, 0.15) is 15.9 Å². The van der Waals surface area contributed by atoms with E-state index in [9.17, 15) is 25.0 Å². The van der Waals surface area contributed by atoms with Crippen LogP contribution in [0.15, 0.2) is 71.2 Å². The van der Waals surface area contributed by atoms with Gasteiger partial charge >= 0.3 is 5.97 Å². The molecular weight excluding hydrogens is 460 g/mol. The molecule has 0 aliphatic carbocycles. The maximum Gasteiger partial charge on any atom is 0.338 e. The molecule has 0 atom stereocenters. The number of rotatable bonds is 7. The molecule has 0 saturated heterocycles. The molecule has 0 aliphatic heterocycles. The number of hydrogen-bond donors (Lipinski definition) is 0. The quantitative estimate of drug-likeness (QED) is 0.255. The van der Waals surface area contributed by atoms with Crippen molar-refractivity contribution >= 4 is 33.3 Å². The van der Waals surface area contributed by atoms with Crippen molar-refractivity contribution in [3.63, 3.8) is 0 Å². The van der Waals surface area contributed by atoms with Crippen molar-refractivity contribution in [2.45, 2.75) is 6.61 Å². The number of esters is 1. The van der Waals surface area contributed by atoms with Crippen molar-refractivity contribution in [2.75, 3.05) is 0 Å². The molecule has 3 aromatic carbocycles. The SMILES string of the molecule is O=C(OCc1ccc(Oc2ccc([N+](=O)[O-])cc2)cc1)c1ccc(Br)c([N+](=O)[O-])c1. The van der Waals surface area contributed by atoms with E-state index in [1.165, 1.54) is 36.4 Å². The smallest absolute Gasteiger partial charge is 0.338 e. The van der Waals surface area contributed by atoms with Crippen LogP contribution in [0.3, 0.4) is 0 Å². The van der Waals surface area contributed by atoms with Gasteiger partial charge in [-0.25, -0.2) is 4.79 Å². The van der Waals surface area contributed by atoms with E-state index in [0.717, 1.165) is 6.07 Å². The summed E-state index contributed by atoms with van der Waals surface area (Å²) in [5.74, 6) is 0.260. The summed E-state index contributed by atoms with van der Waals surface area (Å²) in [7, 11) is 0. The molecule has 0 saturated carbocycles. The first-order valence-electron chi connectivity index (χ1n) is 8.46. The largest absolute Gasteiger partial charge is 0.457 e. The highest BCUT2D eigenvalue weighted by atomic mass is 79.9. The summed E-state index contributed by atoms with van der Waals surface area (Å²) in [6.07, 6.45) is 0. The number of hydrogen-bond acceptors (Lipinski definition) is 7. The highest BCUT2D eigenvalue weighted by Gasteiger charge is 2.17. The van der Waals surface area contributed by atoms with Crippen molar-refractivity contribution in [3.8, 4) is 11.5 Å². The standard InChI is InChI=1S/C20H13BrN2O7/c21-18-10-3-14(11-19(18)23(27)28)20(24)29-12-13-1-6-16(7-2-13)30-17-8-4-15(5-9-17)22(25)26/h1-11H,12H2. The predicted molar refractivity (Wildman–Crippen MR) is 110 cm³/mol. The van der Waals surface area contributed by atoms with Gasteiger partial charge in [0.1, 0.15) is 18.1 Å². The van der Waals surface area contributed by atoms with E-state index in [2.05, 4.69) is 15.9 Å². The summed E-state index contributed by atoms with van der Waals surface area (Å²) in [5, 5.41) is 21.6. The predicted octanol–water partition coefficient (Wildman–Crippen LogP) is 5.41. The van der Waals surface area contributed by atoms with Crippen LogP contribution in [0.25, 0.3) is 0 Å². The monoisotopic (exact) mass is 472 g/mol. The topological polar surface area (TPSA) is 122 Å². The molecule has 0 aliphatic rings. The number of ether oxygens (including phenoxy) is 2. The van der Waals surface area contributed by atoms with E-state index in [-0.39, 0.29) is 28.0 Å². The first kappa shape index (κ1) is 20.9. The molecule has 0 radical (unpaired) electrons. The third kappa shape index (κ3) is 5.17. The summed E-state index contributed by atoms with van der Waals surface area (Å²) in [6, 6.07) is 16.4. The Labute approximate surface area is 178 Å². The highest BCUT2D eigenvalue weighted by Crippen LogP contribution is 2.27. The normalized spacial score (nSPS) is 10.3. The van der Waals surface area contributed by atoms with Crippen LogP contribution in [-0.2, 0) is 11.3 Å². The van der Waals surface area contributed by atoms with Gasteiger partial charge in [0, 0.05) is 18.2 Å². The lowest BCUT2D eigenvalue weighted by molar-refractivity contribution is -0.385. The molecular formula is C20H13BrN2O7. The van der Waals surface area contributed by atoms with Gasteiger partial charge in [-0.1, -0.05) is 12.1 Å². The van der Waals surface area contributed by atoms with Crippen molar-refractivity contribution in [1.82, 2.24) is 0 Å². The van der Waals surface area contributed by atoms with Crippen molar-refractivity contribution in [3.05, 3.63) is 103 Å². The minimum atomic E-state index is -0.684. The van der Waals surface area contributed by atoms with Crippen molar-refractivity contribution in [2.24, 2.45) is 0 Å². The highest BCUT2D eigenvalue weighted by molar-refractivity contribution is 9.10. The lowest BCUT2D eigenvalue weighted by atomic mass is 10.2. The fourth-order valence-corrected chi connectivity index (χ4v) is 2.83. The van der Waals surface area contributed by atoms with Crippen LogP contribution in [0.4, 0.5) is 11.4 Å². The van der Waals surface area contributed by atoms with Crippen LogP contribution in [0, 0.1) is 20.2 Å². The molecule has 0 N–H and O–H groups in total. The van der Waals surface area contributed by atoms with E-state index >= 15 is 0 Å². The summed E-state index contributed by atoms with van der Waals surface area (Å²) < 4.78 is 11.1. The number of carbonyl (C=O) groups is 1. The van der Waals surface area contributed by atoms with E-state index in [4.69, 9.17) is 9.47 Å². The molecule has 0 fully saturated rings. The van der Waals surface area contributed by atoms with Gasteiger partial charge in [-0.05, 0) is 57.9 Å². The number of carbonyl (C=O) groups excluding carboxylic acids is 1. The van der Waals surface area contributed by atoms with Gasteiger partial charge in [0.25, 0.3) is 11.4 Å². The Morgan fingerprint density at radius 1 is 0.867 bits per heavy atom. The molecule has 0 amide bonds.